The van der Waals surface area contributed by atoms with E-state index in [1.54, 1.807) is 0 Å². The summed E-state index contributed by atoms with van der Waals surface area (Å²) in [6, 6.07) is 60.6. The molecule has 0 radical (unpaired) electrons. The monoisotopic (exact) mass is 758 g/mol. The maximum absolute atomic E-state index is 5.16. The van der Waals surface area contributed by atoms with Crippen LogP contribution < -0.4 is 4.90 Å². The van der Waals surface area contributed by atoms with Crippen LogP contribution in [0, 0.1) is 13.8 Å². The number of rotatable bonds is 6. The van der Waals surface area contributed by atoms with Gasteiger partial charge in [-0.1, -0.05) is 169 Å². The summed E-state index contributed by atoms with van der Waals surface area (Å²) < 4.78 is 0. The first-order valence-corrected chi connectivity index (χ1v) is 20.2. The number of benzene rings is 7. The van der Waals surface area contributed by atoms with Crippen LogP contribution in [0.5, 0.6) is 0 Å². The van der Waals surface area contributed by atoms with Gasteiger partial charge in [-0.15, -0.1) is 0 Å². The Kier molecular flexibility index (Phi) is 9.03. The maximum atomic E-state index is 5.16. The van der Waals surface area contributed by atoms with E-state index in [0.29, 0.717) is 17.5 Å². The van der Waals surface area contributed by atoms with Gasteiger partial charge >= 0.3 is 0 Å². The Labute approximate surface area is 346 Å². The van der Waals surface area contributed by atoms with Gasteiger partial charge in [-0.3, -0.25) is 0 Å². The van der Waals surface area contributed by atoms with Crippen molar-refractivity contribution in [1.29, 1.82) is 0 Å². The van der Waals surface area contributed by atoms with Gasteiger partial charge in [0.25, 0.3) is 0 Å². The Bertz CT molecular complexity index is 2820. The first kappa shape index (κ1) is 35.9. The molecular weight excluding hydrogens is 717 g/mol. The molecule has 0 amide bonds. The van der Waals surface area contributed by atoms with Crippen molar-refractivity contribution in [3.05, 3.63) is 234 Å². The highest BCUT2D eigenvalue weighted by molar-refractivity contribution is 5.90. The Morgan fingerprint density at radius 1 is 0.458 bits per heavy atom. The van der Waals surface area contributed by atoms with E-state index >= 15 is 0 Å². The number of hydrogen-bond acceptors (Lipinski definition) is 4. The molecule has 4 heteroatoms. The van der Waals surface area contributed by atoms with E-state index in [-0.39, 0.29) is 0 Å². The number of aromatic nitrogens is 3. The molecule has 0 N–H and O–H groups in total. The summed E-state index contributed by atoms with van der Waals surface area (Å²) in [5, 5.41) is 0. The molecular formula is C55H42N4. The molecule has 1 heterocycles. The highest BCUT2D eigenvalue weighted by Gasteiger charge is 2.46. The minimum atomic E-state index is -0.567. The second-order valence-corrected chi connectivity index (χ2v) is 15.5. The molecule has 10 rings (SSSR count). The van der Waals surface area contributed by atoms with Crippen molar-refractivity contribution in [2.24, 2.45) is 0 Å². The summed E-state index contributed by atoms with van der Waals surface area (Å²) in [5.74, 6) is 1.92. The van der Waals surface area contributed by atoms with Crippen molar-refractivity contribution in [3.63, 3.8) is 0 Å². The van der Waals surface area contributed by atoms with Crippen LogP contribution in [0.1, 0.15) is 39.8 Å². The molecule has 7 aromatic carbocycles. The third kappa shape index (κ3) is 6.40. The average Bonchev–Trinajstić information content (AvgIpc) is 3.60. The summed E-state index contributed by atoms with van der Waals surface area (Å²) >= 11 is 0. The minimum absolute atomic E-state index is 0.567. The van der Waals surface area contributed by atoms with Gasteiger partial charge in [-0.05, 0) is 102 Å². The van der Waals surface area contributed by atoms with E-state index in [9.17, 15) is 0 Å². The lowest BCUT2D eigenvalue weighted by Crippen LogP contribution is -2.28. The maximum Gasteiger partial charge on any atom is 0.164 e. The van der Waals surface area contributed by atoms with Crippen LogP contribution in [0.15, 0.2) is 201 Å². The Morgan fingerprint density at radius 3 is 1.59 bits per heavy atom. The normalized spacial score (nSPS) is 16.3. The van der Waals surface area contributed by atoms with Crippen LogP contribution in [0.3, 0.4) is 0 Å². The zero-order valence-corrected chi connectivity index (χ0v) is 33.2. The molecule has 2 aliphatic rings. The van der Waals surface area contributed by atoms with Crippen LogP contribution >= 0.6 is 0 Å². The molecule has 1 unspecified atom stereocenters. The molecule has 2 aliphatic carbocycles. The molecule has 0 bridgehead atoms. The van der Waals surface area contributed by atoms with E-state index in [1.165, 1.54) is 38.9 Å². The lowest BCUT2D eigenvalue weighted by atomic mass is 9.67. The Balaban J connectivity index is 1.23. The van der Waals surface area contributed by atoms with Crippen molar-refractivity contribution in [3.8, 4) is 45.3 Å². The first-order chi connectivity index (χ1) is 29.0. The quantitative estimate of drug-likeness (QED) is 0.169. The van der Waals surface area contributed by atoms with Gasteiger partial charge in [0.15, 0.2) is 17.5 Å². The third-order valence-electron chi connectivity index (χ3n) is 11.7. The third-order valence-corrected chi connectivity index (χ3v) is 11.7. The SMILES string of the molecule is C=C1/C=C\C=C/CC2(c3cc(N(c4ccc(C)cc4)c4ccc(C)cc4)ccc31)c1ccccc1-c1ccc(-c3nc(-c4ccccc4)nc(-c4ccccc4)n3)cc12. The number of hydrogen-bond donors (Lipinski definition) is 0. The van der Waals surface area contributed by atoms with Crippen LogP contribution in [0.2, 0.25) is 0 Å². The molecule has 0 aliphatic heterocycles. The Morgan fingerprint density at radius 2 is 0.966 bits per heavy atom. The van der Waals surface area contributed by atoms with E-state index < -0.39 is 5.41 Å². The number of allylic oxidation sites excluding steroid dienone is 5. The Hall–Kier alpha value is -7.43. The predicted octanol–water partition coefficient (Wildman–Crippen LogP) is 13.8. The predicted molar refractivity (Wildman–Crippen MR) is 244 cm³/mol. The number of anilines is 3. The molecule has 59 heavy (non-hydrogen) atoms. The molecule has 0 saturated heterocycles. The number of nitrogens with zero attached hydrogens (tertiary/aromatic N) is 4. The summed E-state index contributed by atoms with van der Waals surface area (Å²) in [6.45, 7) is 8.93. The fourth-order valence-electron chi connectivity index (χ4n) is 8.79. The molecule has 1 atom stereocenters. The second-order valence-electron chi connectivity index (χ2n) is 15.5. The number of fused-ring (bicyclic) bond motifs is 7. The molecule has 8 aromatic rings. The van der Waals surface area contributed by atoms with Gasteiger partial charge in [0.05, 0.1) is 5.41 Å². The smallest absolute Gasteiger partial charge is 0.164 e. The topological polar surface area (TPSA) is 41.9 Å². The molecule has 0 fully saturated rings. The van der Waals surface area contributed by atoms with Crippen LogP contribution in [0.25, 0.3) is 50.9 Å². The summed E-state index contributed by atoms with van der Waals surface area (Å²) in [7, 11) is 0. The van der Waals surface area contributed by atoms with E-state index in [1.807, 2.05) is 36.4 Å². The summed E-state index contributed by atoms with van der Waals surface area (Å²) in [6.07, 6.45) is 9.46. The van der Waals surface area contributed by atoms with Crippen molar-refractivity contribution in [2.45, 2.75) is 25.7 Å². The molecule has 0 saturated carbocycles. The van der Waals surface area contributed by atoms with Crippen molar-refractivity contribution >= 4 is 22.6 Å². The van der Waals surface area contributed by atoms with Crippen LogP contribution in [0.4, 0.5) is 17.1 Å². The standard InChI is InChI=1S/C55H42N4/c1-37-22-27-43(28-23-37)59(44-29-24-38(2)25-30-44)45-31-33-46-39(3)15-7-6-14-34-55(51(46)36-45)49-21-13-12-20-47(49)48-32-26-42(35-50(48)55)54-57-52(40-16-8-4-9-17-40)56-53(58-54)41-18-10-5-11-19-41/h4-33,35-36H,3,34H2,1-2H3/b14-6-,15-7-. The van der Waals surface area contributed by atoms with E-state index in [4.69, 9.17) is 15.0 Å². The van der Waals surface area contributed by atoms with Gasteiger partial charge in [0, 0.05) is 33.8 Å². The molecule has 282 valence electrons. The number of aryl methyl sites for hydroxylation is 2. The zero-order chi connectivity index (χ0) is 39.9. The highest BCUT2D eigenvalue weighted by atomic mass is 15.1. The van der Waals surface area contributed by atoms with Crippen molar-refractivity contribution in [2.75, 3.05) is 4.90 Å². The van der Waals surface area contributed by atoms with Gasteiger partial charge in [-0.25, -0.2) is 15.0 Å². The summed E-state index contributed by atoms with van der Waals surface area (Å²) in [4.78, 5) is 17.7. The van der Waals surface area contributed by atoms with Gasteiger partial charge in [0.1, 0.15) is 0 Å². The van der Waals surface area contributed by atoms with Crippen molar-refractivity contribution in [1.82, 2.24) is 15.0 Å². The highest BCUT2D eigenvalue weighted by Crippen LogP contribution is 2.57. The van der Waals surface area contributed by atoms with E-state index in [0.717, 1.165) is 51.3 Å². The molecule has 1 aromatic heterocycles. The van der Waals surface area contributed by atoms with Gasteiger partial charge in [-0.2, -0.15) is 0 Å². The molecule has 4 nitrogen and oxygen atoms in total. The zero-order valence-electron chi connectivity index (χ0n) is 33.2. The first-order valence-electron chi connectivity index (χ1n) is 20.2. The van der Waals surface area contributed by atoms with Crippen molar-refractivity contribution < 1.29 is 0 Å². The summed E-state index contributed by atoms with van der Waals surface area (Å²) in [5.41, 5.74) is 16.2. The minimum Gasteiger partial charge on any atom is -0.310 e. The average molecular weight is 759 g/mol. The lowest BCUT2D eigenvalue weighted by molar-refractivity contribution is 0.644. The van der Waals surface area contributed by atoms with E-state index in [2.05, 4.69) is 183 Å². The van der Waals surface area contributed by atoms with Gasteiger partial charge in [0.2, 0.25) is 0 Å². The fourth-order valence-corrected chi connectivity index (χ4v) is 8.79. The van der Waals surface area contributed by atoms with Crippen LogP contribution in [-0.2, 0) is 5.41 Å². The fraction of sp³-hybridized carbons (Fsp3) is 0.0727. The second kappa shape index (κ2) is 14.8. The largest absolute Gasteiger partial charge is 0.310 e. The van der Waals surface area contributed by atoms with Crippen LogP contribution in [-0.4, -0.2) is 15.0 Å². The van der Waals surface area contributed by atoms with Gasteiger partial charge < -0.3 is 4.90 Å². The molecule has 1 spiro atoms. The lowest BCUT2D eigenvalue weighted by Gasteiger charge is -2.36.